The van der Waals surface area contributed by atoms with Crippen molar-refractivity contribution in [3.8, 4) is 0 Å². The molecule has 1 aliphatic heterocycles. The Labute approximate surface area is 135 Å². The van der Waals surface area contributed by atoms with Gasteiger partial charge in [-0.1, -0.05) is 44.5 Å². The van der Waals surface area contributed by atoms with E-state index in [1.54, 1.807) is 17.2 Å². The molecular formula is C17H21ClN2O2. The fraction of sp³-hybridized carbons (Fsp3) is 0.529. The van der Waals surface area contributed by atoms with Crippen LogP contribution in [-0.4, -0.2) is 33.7 Å². The third kappa shape index (κ3) is 2.60. The van der Waals surface area contributed by atoms with Crippen LogP contribution in [0.4, 0.5) is 4.79 Å². The monoisotopic (exact) mass is 320 g/mol. The van der Waals surface area contributed by atoms with Crippen LogP contribution in [-0.2, 0) is 0 Å². The molecule has 1 aliphatic carbocycles. The number of fused-ring (bicyclic) bond motifs is 1. The van der Waals surface area contributed by atoms with E-state index in [1.807, 2.05) is 6.07 Å². The smallest absolute Gasteiger partial charge is 0.407 e. The summed E-state index contributed by atoms with van der Waals surface area (Å²) in [5.74, 6) is 0.646. The third-order valence-corrected chi connectivity index (χ3v) is 5.01. The van der Waals surface area contributed by atoms with Crippen molar-refractivity contribution in [3.63, 3.8) is 0 Å². The van der Waals surface area contributed by atoms with Gasteiger partial charge in [0.2, 0.25) is 0 Å². The second kappa shape index (κ2) is 5.27. The fourth-order valence-corrected chi connectivity index (χ4v) is 4.10. The van der Waals surface area contributed by atoms with Gasteiger partial charge in [0.15, 0.2) is 0 Å². The van der Waals surface area contributed by atoms with Crippen molar-refractivity contribution in [2.75, 3.05) is 6.54 Å². The van der Waals surface area contributed by atoms with E-state index in [0.717, 1.165) is 12.0 Å². The number of hydrogen-bond donors (Lipinski definition) is 1. The van der Waals surface area contributed by atoms with Gasteiger partial charge in [0.1, 0.15) is 5.15 Å². The molecule has 0 radical (unpaired) electrons. The minimum absolute atomic E-state index is 0.0211. The SMILES string of the molecule is CC(C)(C)C1C2C=C(c3ccc(Cl)nc3)CC2CN1C(=O)O. The van der Waals surface area contributed by atoms with Crippen molar-refractivity contribution in [2.45, 2.75) is 33.2 Å². The van der Waals surface area contributed by atoms with E-state index in [4.69, 9.17) is 11.6 Å². The number of carbonyl (C=O) groups is 1. The molecule has 3 rings (SSSR count). The first kappa shape index (κ1) is 15.3. The molecule has 1 saturated heterocycles. The van der Waals surface area contributed by atoms with Gasteiger partial charge in [-0.25, -0.2) is 9.78 Å². The average Bonchev–Trinajstić information content (AvgIpc) is 2.94. The highest BCUT2D eigenvalue weighted by Gasteiger charge is 2.50. The number of pyridine rings is 1. The maximum absolute atomic E-state index is 11.6. The first-order chi connectivity index (χ1) is 10.3. The van der Waals surface area contributed by atoms with Gasteiger partial charge < -0.3 is 10.0 Å². The molecule has 4 nitrogen and oxygen atoms in total. The Morgan fingerprint density at radius 1 is 1.41 bits per heavy atom. The van der Waals surface area contributed by atoms with Crippen LogP contribution >= 0.6 is 11.6 Å². The number of amides is 1. The van der Waals surface area contributed by atoms with E-state index < -0.39 is 6.09 Å². The van der Waals surface area contributed by atoms with Crippen molar-refractivity contribution in [1.82, 2.24) is 9.88 Å². The number of halogens is 1. The molecule has 1 amide bonds. The van der Waals surface area contributed by atoms with Gasteiger partial charge in [-0.2, -0.15) is 0 Å². The Morgan fingerprint density at radius 2 is 2.14 bits per heavy atom. The zero-order valence-corrected chi connectivity index (χ0v) is 13.8. The van der Waals surface area contributed by atoms with Crippen LogP contribution in [0.25, 0.3) is 5.57 Å². The van der Waals surface area contributed by atoms with Gasteiger partial charge in [-0.05, 0) is 35.0 Å². The molecular weight excluding hydrogens is 300 g/mol. The molecule has 0 aromatic carbocycles. The van der Waals surface area contributed by atoms with Crippen molar-refractivity contribution >= 4 is 23.3 Å². The van der Waals surface area contributed by atoms with Crippen LogP contribution in [0.2, 0.25) is 5.15 Å². The van der Waals surface area contributed by atoms with Crippen LogP contribution in [0, 0.1) is 17.3 Å². The van der Waals surface area contributed by atoms with Crippen molar-refractivity contribution in [1.29, 1.82) is 0 Å². The van der Waals surface area contributed by atoms with Crippen molar-refractivity contribution in [2.24, 2.45) is 17.3 Å². The Morgan fingerprint density at radius 3 is 2.68 bits per heavy atom. The zero-order chi connectivity index (χ0) is 16.1. The second-order valence-corrected chi connectivity index (χ2v) is 7.74. The van der Waals surface area contributed by atoms with Crippen LogP contribution in [0.1, 0.15) is 32.8 Å². The molecule has 1 N–H and O–H groups in total. The van der Waals surface area contributed by atoms with Gasteiger partial charge in [0.25, 0.3) is 0 Å². The van der Waals surface area contributed by atoms with Gasteiger partial charge in [-0.15, -0.1) is 0 Å². The van der Waals surface area contributed by atoms with Crippen LogP contribution in [0.5, 0.6) is 0 Å². The molecule has 2 heterocycles. The lowest BCUT2D eigenvalue weighted by atomic mass is 9.78. The number of rotatable bonds is 1. The third-order valence-electron chi connectivity index (χ3n) is 4.78. The summed E-state index contributed by atoms with van der Waals surface area (Å²) in [6, 6.07) is 3.81. The molecule has 0 bridgehead atoms. The molecule has 5 heteroatoms. The van der Waals surface area contributed by atoms with E-state index >= 15 is 0 Å². The summed E-state index contributed by atoms with van der Waals surface area (Å²) in [5.41, 5.74) is 2.27. The van der Waals surface area contributed by atoms with Gasteiger partial charge in [0.05, 0.1) is 0 Å². The Kier molecular flexibility index (Phi) is 3.68. The molecule has 1 aromatic rings. The molecule has 22 heavy (non-hydrogen) atoms. The number of likely N-dealkylation sites (tertiary alicyclic amines) is 1. The average molecular weight is 321 g/mol. The largest absolute Gasteiger partial charge is 0.465 e. The normalized spacial score (nSPS) is 27.7. The van der Waals surface area contributed by atoms with Crippen LogP contribution in [0.15, 0.2) is 24.4 Å². The summed E-state index contributed by atoms with van der Waals surface area (Å²) in [6.07, 6.45) is 4.16. The lowest BCUT2D eigenvalue weighted by molar-refractivity contribution is 0.0978. The van der Waals surface area contributed by atoms with E-state index in [1.165, 1.54) is 5.57 Å². The number of allylic oxidation sites excluding steroid dienone is 1. The Balaban J connectivity index is 1.92. The lowest BCUT2D eigenvalue weighted by Crippen LogP contribution is -2.45. The molecule has 0 saturated carbocycles. The first-order valence-electron chi connectivity index (χ1n) is 7.59. The predicted octanol–water partition coefficient (Wildman–Crippen LogP) is 4.16. The van der Waals surface area contributed by atoms with E-state index in [0.29, 0.717) is 17.6 Å². The highest BCUT2D eigenvalue weighted by molar-refractivity contribution is 6.29. The summed E-state index contributed by atoms with van der Waals surface area (Å²) < 4.78 is 0. The van der Waals surface area contributed by atoms with Gasteiger partial charge in [-0.3, -0.25) is 0 Å². The minimum atomic E-state index is -0.808. The molecule has 1 fully saturated rings. The van der Waals surface area contributed by atoms with Gasteiger partial charge in [0, 0.05) is 24.7 Å². The Hall–Kier alpha value is -1.55. The van der Waals surface area contributed by atoms with E-state index in [2.05, 4.69) is 31.8 Å². The molecule has 3 unspecified atom stereocenters. The summed E-state index contributed by atoms with van der Waals surface area (Å²) in [4.78, 5) is 17.3. The maximum atomic E-state index is 11.6. The highest BCUT2D eigenvalue weighted by Crippen LogP contribution is 2.49. The molecule has 3 atom stereocenters. The van der Waals surface area contributed by atoms with Gasteiger partial charge >= 0.3 is 6.09 Å². The standard InChI is InChI=1S/C17H21ClN2O2/c1-17(2,3)15-13-7-11(10-4-5-14(18)19-8-10)6-12(13)9-20(15)16(21)22/h4-5,7-8,12-13,15H,6,9H2,1-3H3,(H,21,22). The second-order valence-electron chi connectivity index (χ2n) is 7.35. The van der Waals surface area contributed by atoms with Crippen LogP contribution in [0.3, 0.4) is 0 Å². The topological polar surface area (TPSA) is 53.4 Å². The number of nitrogens with zero attached hydrogens (tertiary/aromatic N) is 2. The summed E-state index contributed by atoms with van der Waals surface area (Å²) in [7, 11) is 0. The summed E-state index contributed by atoms with van der Waals surface area (Å²) in [6.45, 7) is 6.96. The number of carboxylic acid groups (broad SMARTS) is 1. The van der Waals surface area contributed by atoms with Crippen molar-refractivity contribution in [3.05, 3.63) is 35.1 Å². The summed E-state index contributed by atoms with van der Waals surface area (Å²) in [5, 5.41) is 9.99. The molecule has 118 valence electrons. The minimum Gasteiger partial charge on any atom is -0.465 e. The molecule has 0 spiro atoms. The quantitative estimate of drug-likeness (QED) is 0.790. The lowest BCUT2D eigenvalue weighted by Gasteiger charge is -2.36. The van der Waals surface area contributed by atoms with E-state index in [9.17, 15) is 9.90 Å². The van der Waals surface area contributed by atoms with Crippen molar-refractivity contribution < 1.29 is 9.90 Å². The highest BCUT2D eigenvalue weighted by atomic mass is 35.5. The maximum Gasteiger partial charge on any atom is 0.407 e. The summed E-state index contributed by atoms with van der Waals surface area (Å²) >= 11 is 5.85. The Bertz CT molecular complexity index is 619. The fourth-order valence-electron chi connectivity index (χ4n) is 3.99. The van der Waals surface area contributed by atoms with Crippen LogP contribution < -0.4 is 0 Å². The first-order valence-corrected chi connectivity index (χ1v) is 7.97. The zero-order valence-electron chi connectivity index (χ0n) is 13.1. The number of hydrogen-bond acceptors (Lipinski definition) is 2. The predicted molar refractivity (Wildman–Crippen MR) is 86.8 cm³/mol. The molecule has 1 aromatic heterocycles. The molecule has 2 aliphatic rings. The number of aromatic nitrogens is 1. The van der Waals surface area contributed by atoms with E-state index in [-0.39, 0.29) is 17.4 Å².